The molecule has 0 saturated heterocycles. The molecule has 0 aliphatic rings. The number of carbonyl (C=O) groups excluding carboxylic acids is 1. The fourth-order valence-electron chi connectivity index (χ4n) is 0.975. The van der Waals surface area contributed by atoms with Gasteiger partial charge in [0.05, 0.1) is 0 Å². The van der Waals surface area contributed by atoms with Gasteiger partial charge in [-0.2, -0.15) is 13.2 Å². The molecule has 2 unspecified atom stereocenters. The van der Waals surface area contributed by atoms with Crippen molar-refractivity contribution in [2.24, 2.45) is 0 Å². The van der Waals surface area contributed by atoms with Crippen molar-refractivity contribution in [1.82, 2.24) is 0 Å². The molecule has 0 radical (unpaired) electrons. The number of alkyl halides is 7. The molecule has 0 N–H and O–H groups in total. The quantitative estimate of drug-likeness (QED) is 0.692. The Morgan fingerprint density at radius 3 is 2.00 bits per heavy atom. The van der Waals surface area contributed by atoms with Crippen LogP contribution in [0.4, 0.5) is 30.7 Å². The fourth-order valence-corrected chi connectivity index (χ4v) is 1.64. The van der Waals surface area contributed by atoms with Crippen LogP contribution >= 0.6 is 11.8 Å². The van der Waals surface area contributed by atoms with E-state index in [1.807, 2.05) is 0 Å². The second-order valence-electron chi connectivity index (χ2n) is 3.56. The molecule has 0 aromatic rings. The lowest BCUT2D eigenvalue weighted by Gasteiger charge is -2.22. The summed E-state index contributed by atoms with van der Waals surface area (Å²) in [6.45, 7) is 1.11. The van der Waals surface area contributed by atoms with Gasteiger partial charge in [-0.25, -0.2) is 17.6 Å². The third-order valence-corrected chi connectivity index (χ3v) is 2.78. The summed E-state index contributed by atoms with van der Waals surface area (Å²) in [4.78, 5) is 10.4. The number of thioether (sulfide) groups is 1. The highest BCUT2D eigenvalue weighted by atomic mass is 32.2. The fraction of sp³-hybridized carbons (Fsp3) is 0.889. The predicted molar refractivity (Wildman–Crippen MR) is 53.2 cm³/mol. The van der Waals surface area contributed by atoms with Crippen molar-refractivity contribution >= 4 is 16.9 Å². The lowest BCUT2D eigenvalue weighted by atomic mass is 10.1. The Kier molecular flexibility index (Phi) is 6.45. The van der Waals surface area contributed by atoms with E-state index >= 15 is 0 Å². The van der Waals surface area contributed by atoms with E-state index in [9.17, 15) is 35.5 Å². The molecule has 9 heteroatoms. The molecule has 0 fully saturated rings. The topological polar surface area (TPSA) is 17.1 Å². The van der Waals surface area contributed by atoms with E-state index in [0.29, 0.717) is 11.8 Å². The zero-order chi connectivity index (χ0) is 14.6. The first-order valence-electron chi connectivity index (χ1n) is 4.83. The first-order chi connectivity index (χ1) is 7.97. The molecule has 0 aromatic carbocycles. The number of hydrogen-bond donors (Lipinski definition) is 0. The van der Waals surface area contributed by atoms with Crippen molar-refractivity contribution in [1.29, 1.82) is 0 Å². The van der Waals surface area contributed by atoms with Crippen LogP contribution in [-0.4, -0.2) is 35.3 Å². The zero-order valence-corrected chi connectivity index (χ0v) is 10.1. The Morgan fingerprint density at radius 1 is 1.11 bits per heavy atom. The van der Waals surface area contributed by atoms with Gasteiger partial charge in [0.1, 0.15) is 0 Å². The highest BCUT2D eigenvalue weighted by Gasteiger charge is 2.47. The smallest absolute Gasteiger partial charge is 0.288 e. The number of rotatable bonds is 6. The molecular formula is C9H11F7OS. The second-order valence-corrected chi connectivity index (χ2v) is 4.84. The zero-order valence-electron chi connectivity index (χ0n) is 9.24. The summed E-state index contributed by atoms with van der Waals surface area (Å²) in [5.74, 6) is -4.52. The monoisotopic (exact) mass is 300 g/mol. The number of carbonyl (C=O) groups is 1. The maximum Gasteiger partial charge on any atom is 0.419 e. The summed E-state index contributed by atoms with van der Waals surface area (Å²) in [6, 6.07) is 0. The third-order valence-electron chi connectivity index (χ3n) is 1.97. The van der Waals surface area contributed by atoms with Crippen molar-refractivity contribution in [2.45, 2.75) is 44.2 Å². The molecule has 0 spiro atoms. The van der Waals surface area contributed by atoms with Crippen molar-refractivity contribution in [3.63, 3.8) is 0 Å². The van der Waals surface area contributed by atoms with Crippen LogP contribution in [0.3, 0.4) is 0 Å². The molecule has 0 rings (SSSR count). The standard InChI is InChI=1S/C9H11F7OS/c1-5(17)18-3-2-8(12,13)6(10)4-7(11)9(14,15)16/h6-7H,2-4H2,1H3. The normalized spacial score (nSPS) is 16.4. The molecule has 0 aromatic heterocycles. The summed E-state index contributed by atoms with van der Waals surface area (Å²) < 4.78 is 86.4. The minimum Gasteiger partial charge on any atom is -0.288 e. The minimum absolute atomic E-state index is 0.439. The molecule has 0 amide bonds. The Hall–Kier alpha value is -0.470. The lowest BCUT2D eigenvalue weighted by molar-refractivity contribution is -0.193. The molecule has 2 atom stereocenters. The van der Waals surface area contributed by atoms with Gasteiger partial charge in [-0.1, -0.05) is 11.8 Å². The maximum absolute atomic E-state index is 13.0. The van der Waals surface area contributed by atoms with Crippen LogP contribution in [0.25, 0.3) is 0 Å². The summed E-state index contributed by atoms with van der Waals surface area (Å²) >= 11 is 0.498. The largest absolute Gasteiger partial charge is 0.419 e. The number of halogens is 7. The van der Waals surface area contributed by atoms with Gasteiger partial charge in [-0.15, -0.1) is 0 Å². The average molecular weight is 300 g/mol. The van der Waals surface area contributed by atoms with Crippen LogP contribution in [0.2, 0.25) is 0 Å². The first kappa shape index (κ1) is 17.5. The van der Waals surface area contributed by atoms with Gasteiger partial charge in [-0.05, 0) is 0 Å². The van der Waals surface area contributed by atoms with Gasteiger partial charge in [0.15, 0.2) is 17.5 Å². The van der Waals surface area contributed by atoms with E-state index in [0.717, 1.165) is 6.92 Å². The molecule has 0 saturated carbocycles. The maximum atomic E-state index is 13.0. The van der Waals surface area contributed by atoms with E-state index in [4.69, 9.17) is 0 Å². The van der Waals surface area contributed by atoms with Crippen LogP contribution in [0.15, 0.2) is 0 Å². The van der Waals surface area contributed by atoms with Crippen molar-refractivity contribution in [2.75, 3.05) is 5.75 Å². The highest BCUT2D eigenvalue weighted by molar-refractivity contribution is 8.13. The molecule has 0 heterocycles. The average Bonchev–Trinajstić information content (AvgIpc) is 2.14. The van der Waals surface area contributed by atoms with Crippen molar-refractivity contribution < 1.29 is 35.5 Å². The Morgan fingerprint density at radius 2 is 1.61 bits per heavy atom. The molecular weight excluding hydrogens is 289 g/mol. The Labute approximate surface area is 103 Å². The molecule has 1 nitrogen and oxygen atoms in total. The summed E-state index contributed by atoms with van der Waals surface area (Å²) in [5.41, 5.74) is 0. The Balaban J connectivity index is 4.29. The van der Waals surface area contributed by atoms with Gasteiger partial charge in [0, 0.05) is 25.5 Å². The third kappa shape index (κ3) is 6.46. The van der Waals surface area contributed by atoms with Crippen molar-refractivity contribution in [3.8, 4) is 0 Å². The molecule has 108 valence electrons. The predicted octanol–water partition coefficient (Wildman–Crippen LogP) is 3.92. The summed E-state index contributed by atoms with van der Waals surface area (Å²) in [7, 11) is 0. The van der Waals surface area contributed by atoms with E-state index in [1.54, 1.807) is 0 Å². The molecule has 0 aliphatic carbocycles. The summed E-state index contributed by atoms with van der Waals surface area (Å²) in [5, 5.41) is -0.472. The highest BCUT2D eigenvalue weighted by Crippen LogP contribution is 2.34. The van der Waals surface area contributed by atoms with Crippen LogP contribution in [0.5, 0.6) is 0 Å². The summed E-state index contributed by atoms with van der Waals surface area (Å²) in [6.07, 6.45) is -15.3. The first-order valence-corrected chi connectivity index (χ1v) is 5.81. The van der Waals surface area contributed by atoms with Gasteiger partial charge >= 0.3 is 6.18 Å². The van der Waals surface area contributed by atoms with Gasteiger partial charge < -0.3 is 0 Å². The molecule has 0 aliphatic heterocycles. The van der Waals surface area contributed by atoms with E-state index in [-0.39, 0.29) is 0 Å². The SMILES string of the molecule is CC(=O)SCCC(F)(F)C(F)CC(F)C(F)(F)F. The number of hydrogen-bond acceptors (Lipinski definition) is 2. The molecule has 0 bridgehead atoms. The van der Waals surface area contributed by atoms with Gasteiger partial charge in [0.25, 0.3) is 5.92 Å². The van der Waals surface area contributed by atoms with Crippen LogP contribution < -0.4 is 0 Å². The van der Waals surface area contributed by atoms with E-state index in [1.165, 1.54) is 0 Å². The second kappa shape index (κ2) is 6.63. The minimum atomic E-state index is -5.35. The van der Waals surface area contributed by atoms with E-state index in [2.05, 4.69) is 0 Å². The van der Waals surface area contributed by atoms with Crippen molar-refractivity contribution in [3.05, 3.63) is 0 Å². The molecule has 18 heavy (non-hydrogen) atoms. The van der Waals surface area contributed by atoms with Gasteiger partial charge in [0.2, 0.25) is 0 Å². The Bertz CT molecular complexity index is 279. The lowest BCUT2D eigenvalue weighted by Crippen LogP contribution is -2.37. The van der Waals surface area contributed by atoms with Crippen LogP contribution in [-0.2, 0) is 4.79 Å². The van der Waals surface area contributed by atoms with Gasteiger partial charge in [-0.3, -0.25) is 4.79 Å². The van der Waals surface area contributed by atoms with Crippen LogP contribution in [0.1, 0.15) is 19.8 Å². The van der Waals surface area contributed by atoms with Crippen LogP contribution in [0, 0.1) is 0 Å². The van der Waals surface area contributed by atoms with E-state index < -0.39 is 48.2 Å².